The van der Waals surface area contributed by atoms with Gasteiger partial charge in [0.25, 0.3) is 0 Å². The van der Waals surface area contributed by atoms with Crippen LogP contribution >= 0.6 is 23.4 Å². The topological polar surface area (TPSA) is 63.0 Å². The lowest BCUT2D eigenvalue weighted by atomic mass is 10.1. The average Bonchev–Trinajstić information content (AvgIpc) is 3.06. The Morgan fingerprint density at radius 2 is 1.85 bits per heavy atom. The molecule has 1 N–H and O–H groups in total. The Labute approximate surface area is 156 Å². The molecule has 0 aliphatic heterocycles. The van der Waals surface area contributed by atoms with Crippen molar-refractivity contribution in [2.45, 2.75) is 10.9 Å². The van der Waals surface area contributed by atoms with Gasteiger partial charge in [-0.05, 0) is 35.4 Å². The van der Waals surface area contributed by atoms with Gasteiger partial charge in [0.15, 0.2) is 10.8 Å². The molecular formula is C18H12ClFN4OS. The lowest BCUT2D eigenvalue weighted by Crippen LogP contribution is -2.19. The Morgan fingerprint density at radius 1 is 1.12 bits per heavy atom. The van der Waals surface area contributed by atoms with Gasteiger partial charge in [-0.15, -0.1) is 0 Å². The van der Waals surface area contributed by atoms with E-state index in [1.54, 1.807) is 18.3 Å². The normalized spacial score (nSPS) is 11.2. The summed E-state index contributed by atoms with van der Waals surface area (Å²) in [6.45, 7) is 0. The largest absolute Gasteiger partial charge is 0.350 e. The standard InChI is InChI=1S/C18H12ClFN4OS/c19-13-5-1-11(2-6-13)10-26-17-22-16-15(9-21-24(16)18(25)23-17)12-3-7-14(20)8-4-12/h1-9H,10H2,(H,22,23,25). The summed E-state index contributed by atoms with van der Waals surface area (Å²) in [6.07, 6.45) is 1.55. The number of hydrogen-bond acceptors (Lipinski definition) is 4. The van der Waals surface area contributed by atoms with Crippen LogP contribution in [0.2, 0.25) is 5.02 Å². The van der Waals surface area contributed by atoms with Crippen LogP contribution < -0.4 is 5.69 Å². The van der Waals surface area contributed by atoms with Crippen LogP contribution in [0.3, 0.4) is 0 Å². The van der Waals surface area contributed by atoms with E-state index in [0.29, 0.717) is 27.1 Å². The Balaban J connectivity index is 1.68. The summed E-state index contributed by atoms with van der Waals surface area (Å²) >= 11 is 7.30. The van der Waals surface area contributed by atoms with Crippen LogP contribution in [-0.4, -0.2) is 19.6 Å². The summed E-state index contributed by atoms with van der Waals surface area (Å²) in [5.41, 5.74) is 2.53. The second-order valence-corrected chi connectivity index (χ2v) is 6.96. The van der Waals surface area contributed by atoms with Gasteiger partial charge >= 0.3 is 5.69 Å². The third-order valence-corrected chi connectivity index (χ3v) is 5.00. The third-order valence-electron chi connectivity index (χ3n) is 3.80. The zero-order valence-electron chi connectivity index (χ0n) is 13.3. The second kappa shape index (κ2) is 6.93. The molecule has 2 heterocycles. The highest BCUT2D eigenvalue weighted by atomic mass is 35.5. The van der Waals surface area contributed by atoms with Crippen LogP contribution in [0, 0.1) is 5.82 Å². The molecule has 2 aromatic carbocycles. The number of rotatable bonds is 4. The average molecular weight is 387 g/mol. The number of nitrogens with zero attached hydrogens (tertiary/aromatic N) is 3. The summed E-state index contributed by atoms with van der Waals surface area (Å²) in [5.74, 6) is 0.311. The zero-order valence-corrected chi connectivity index (χ0v) is 14.9. The van der Waals surface area contributed by atoms with Crippen molar-refractivity contribution in [2.75, 3.05) is 0 Å². The Morgan fingerprint density at radius 3 is 2.58 bits per heavy atom. The molecule has 26 heavy (non-hydrogen) atoms. The van der Waals surface area contributed by atoms with E-state index in [-0.39, 0.29) is 11.5 Å². The molecular weight excluding hydrogens is 375 g/mol. The van der Waals surface area contributed by atoms with Crippen LogP contribution in [0.25, 0.3) is 16.8 Å². The fraction of sp³-hybridized carbons (Fsp3) is 0.0556. The van der Waals surface area contributed by atoms with Crippen molar-refractivity contribution in [1.82, 2.24) is 19.6 Å². The Hall–Kier alpha value is -2.64. The molecule has 4 aromatic rings. The molecule has 0 radical (unpaired) electrons. The van der Waals surface area contributed by atoms with Gasteiger partial charge in [-0.2, -0.15) is 9.61 Å². The first-order chi connectivity index (χ1) is 12.6. The van der Waals surface area contributed by atoms with Gasteiger partial charge in [-0.1, -0.05) is 47.6 Å². The minimum atomic E-state index is -0.373. The van der Waals surface area contributed by atoms with Crippen LogP contribution in [0.4, 0.5) is 4.39 Å². The minimum absolute atomic E-state index is 0.324. The van der Waals surface area contributed by atoms with Gasteiger partial charge in [-0.3, -0.25) is 4.98 Å². The molecule has 0 fully saturated rings. The molecule has 0 amide bonds. The number of fused-ring (bicyclic) bond motifs is 1. The fourth-order valence-corrected chi connectivity index (χ4v) is 3.43. The van der Waals surface area contributed by atoms with Gasteiger partial charge < -0.3 is 0 Å². The molecule has 0 spiro atoms. The second-order valence-electron chi connectivity index (χ2n) is 5.56. The molecule has 0 unspecified atom stereocenters. The quantitative estimate of drug-likeness (QED) is 0.535. The summed E-state index contributed by atoms with van der Waals surface area (Å²) in [5, 5.41) is 5.24. The monoisotopic (exact) mass is 386 g/mol. The summed E-state index contributed by atoms with van der Waals surface area (Å²) in [6, 6.07) is 13.5. The maximum atomic E-state index is 13.2. The van der Waals surface area contributed by atoms with Crippen molar-refractivity contribution >= 4 is 29.0 Å². The summed E-state index contributed by atoms with van der Waals surface area (Å²) < 4.78 is 14.4. The van der Waals surface area contributed by atoms with E-state index in [4.69, 9.17) is 11.6 Å². The number of benzene rings is 2. The van der Waals surface area contributed by atoms with Crippen molar-refractivity contribution < 1.29 is 4.39 Å². The predicted octanol–water partition coefficient (Wildman–Crippen LogP) is 4.17. The van der Waals surface area contributed by atoms with Crippen molar-refractivity contribution in [3.8, 4) is 11.1 Å². The highest BCUT2D eigenvalue weighted by Crippen LogP contribution is 2.25. The van der Waals surface area contributed by atoms with E-state index in [0.717, 1.165) is 11.1 Å². The molecule has 4 rings (SSSR count). The van der Waals surface area contributed by atoms with Gasteiger partial charge in [0.2, 0.25) is 0 Å². The first kappa shape index (κ1) is 16.8. The molecule has 0 atom stereocenters. The van der Waals surface area contributed by atoms with Crippen LogP contribution in [-0.2, 0) is 5.75 Å². The number of hydrogen-bond donors (Lipinski definition) is 1. The molecule has 0 bridgehead atoms. The van der Waals surface area contributed by atoms with Crippen LogP contribution in [0.5, 0.6) is 0 Å². The Bertz CT molecular complexity index is 1120. The third kappa shape index (κ3) is 3.36. The number of aromatic amines is 1. The van der Waals surface area contributed by atoms with Crippen molar-refractivity contribution in [3.05, 3.63) is 81.6 Å². The highest BCUT2D eigenvalue weighted by Gasteiger charge is 2.12. The zero-order chi connectivity index (χ0) is 18.1. The molecule has 8 heteroatoms. The number of H-pyrrole nitrogens is 1. The van der Waals surface area contributed by atoms with E-state index in [1.165, 1.54) is 28.4 Å². The van der Waals surface area contributed by atoms with Crippen molar-refractivity contribution in [1.29, 1.82) is 0 Å². The van der Waals surface area contributed by atoms with Gasteiger partial charge in [-0.25, -0.2) is 14.2 Å². The van der Waals surface area contributed by atoms with Gasteiger partial charge in [0.1, 0.15) is 5.82 Å². The molecule has 130 valence electrons. The number of aromatic nitrogens is 4. The summed E-state index contributed by atoms with van der Waals surface area (Å²) in [7, 11) is 0. The van der Waals surface area contributed by atoms with Crippen LogP contribution in [0.15, 0.2) is 64.7 Å². The van der Waals surface area contributed by atoms with E-state index in [1.807, 2.05) is 24.3 Å². The van der Waals surface area contributed by atoms with E-state index in [9.17, 15) is 9.18 Å². The summed E-state index contributed by atoms with van der Waals surface area (Å²) in [4.78, 5) is 19.5. The fourth-order valence-electron chi connectivity index (χ4n) is 2.50. The number of halogens is 2. The minimum Gasteiger partial charge on any atom is -0.285 e. The lowest BCUT2D eigenvalue weighted by Gasteiger charge is -2.03. The van der Waals surface area contributed by atoms with E-state index >= 15 is 0 Å². The smallest absolute Gasteiger partial charge is 0.285 e. The molecule has 0 aliphatic rings. The highest BCUT2D eigenvalue weighted by molar-refractivity contribution is 7.98. The number of nitrogens with one attached hydrogen (secondary N) is 1. The van der Waals surface area contributed by atoms with Crippen molar-refractivity contribution in [2.24, 2.45) is 0 Å². The SMILES string of the molecule is O=c1[nH]c(SCc2ccc(Cl)cc2)nc2c(-c3ccc(F)cc3)cnn12. The lowest BCUT2D eigenvalue weighted by molar-refractivity contribution is 0.628. The van der Waals surface area contributed by atoms with E-state index < -0.39 is 0 Å². The maximum absolute atomic E-state index is 13.2. The number of thioether (sulfide) groups is 1. The maximum Gasteiger partial charge on any atom is 0.350 e. The van der Waals surface area contributed by atoms with Crippen molar-refractivity contribution in [3.63, 3.8) is 0 Å². The first-order valence-electron chi connectivity index (χ1n) is 7.71. The Kier molecular flexibility index (Phi) is 4.48. The van der Waals surface area contributed by atoms with Gasteiger partial charge in [0.05, 0.1) is 6.20 Å². The first-order valence-corrected chi connectivity index (χ1v) is 9.08. The molecule has 0 aliphatic carbocycles. The van der Waals surface area contributed by atoms with Crippen LogP contribution in [0.1, 0.15) is 5.56 Å². The molecule has 5 nitrogen and oxygen atoms in total. The molecule has 0 saturated carbocycles. The van der Waals surface area contributed by atoms with Gasteiger partial charge in [0, 0.05) is 16.3 Å². The molecule has 2 aromatic heterocycles. The van der Waals surface area contributed by atoms with E-state index in [2.05, 4.69) is 15.1 Å². The molecule has 0 saturated heterocycles. The predicted molar refractivity (Wildman–Crippen MR) is 100 cm³/mol.